The number of anilines is 2. The number of aryl methyl sites for hydroxylation is 1. The van der Waals surface area contributed by atoms with Crippen molar-refractivity contribution in [2.75, 3.05) is 49.2 Å². The number of rotatable bonds is 3. The second-order valence-electron chi connectivity index (χ2n) is 8.73. The number of pyridine rings is 1. The van der Waals surface area contributed by atoms with E-state index in [0.29, 0.717) is 16.8 Å². The Morgan fingerprint density at radius 1 is 1.06 bits per heavy atom. The average Bonchev–Trinajstić information content (AvgIpc) is 2.81. The molecule has 1 aromatic carbocycles. The van der Waals surface area contributed by atoms with Gasteiger partial charge in [-0.05, 0) is 37.0 Å². The summed E-state index contributed by atoms with van der Waals surface area (Å²) in [5.41, 5.74) is 3.76. The molecule has 2 fully saturated rings. The van der Waals surface area contributed by atoms with Crippen molar-refractivity contribution < 1.29 is 4.74 Å². The van der Waals surface area contributed by atoms with Crippen LogP contribution in [0.15, 0.2) is 41.5 Å². The van der Waals surface area contributed by atoms with Crippen LogP contribution < -0.4 is 15.4 Å². The summed E-state index contributed by atoms with van der Waals surface area (Å²) in [6.45, 7) is 7.47. The highest BCUT2D eigenvalue weighted by Crippen LogP contribution is 2.31. The maximum Gasteiger partial charge on any atom is 0.264 e. The van der Waals surface area contributed by atoms with Gasteiger partial charge in [0.05, 0.1) is 30.8 Å². The molecule has 7 heteroatoms. The summed E-state index contributed by atoms with van der Waals surface area (Å²) in [4.78, 5) is 27.2. The van der Waals surface area contributed by atoms with Crippen LogP contribution >= 0.6 is 0 Å². The van der Waals surface area contributed by atoms with Crippen molar-refractivity contribution in [3.63, 3.8) is 0 Å². The lowest BCUT2D eigenvalue weighted by Gasteiger charge is -2.32. The third-order valence-electron chi connectivity index (χ3n) is 6.38. The molecule has 2 aliphatic rings. The molecule has 0 bridgehead atoms. The van der Waals surface area contributed by atoms with Gasteiger partial charge in [-0.1, -0.05) is 19.1 Å². The Bertz CT molecular complexity index is 1140. The van der Waals surface area contributed by atoms with Crippen molar-refractivity contribution in [1.82, 2.24) is 14.5 Å². The van der Waals surface area contributed by atoms with Crippen molar-refractivity contribution in [3.05, 3.63) is 47.0 Å². The van der Waals surface area contributed by atoms with E-state index in [-0.39, 0.29) is 5.56 Å². The molecule has 162 valence electrons. The van der Waals surface area contributed by atoms with E-state index in [0.717, 1.165) is 62.9 Å². The van der Waals surface area contributed by atoms with Gasteiger partial charge in [0.25, 0.3) is 5.56 Å². The zero-order valence-electron chi connectivity index (χ0n) is 18.3. The molecule has 0 aliphatic carbocycles. The average molecular weight is 420 g/mol. The van der Waals surface area contributed by atoms with Gasteiger partial charge in [-0.3, -0.25) is 4.79 Å². The maximum absolute atomic E-state index is 13.0. The van der Waals surface area contributed by atoms with Crippen molar-refractivity contribution in [2.24, 2.45) is 13.0 Å². The normalized spacial score (nSPS) is 19.7. The predicted molar refractivity (Wildman–Crippen MR) is 124 cm³/mol. The minimum absolute atomic E-state index is 0.0417. The minimum atomic E-state index is -0.0417. The van der Waals surface area contributed by atoms with Gasteiger partial charge in [0.2, 0.25) is 0 Å². The Kier molecular flexibility index (Phi) is 5.36. The number of ether oxygens (including phenoxy) is 1. The number of fused-ring (bicyclic) bond motifs is 1. The van der Waals surface area contributed by atoms with Crippen molar-refractivity contribution in [1.29, 1.82) is 0 Å². The van der Waals surface area contributed by atoms with Gasteiger partial charge in [-0.15, -0.1) is 0 Å². The van der Waals surface area contributed by atoms with Crippen LogP contribution in [0, 0.1) is 5.92 Å². The molecule has 2 aromatic heterocycles. The molecule has 0 amide bonds. The topological polar surface area (TPSA) is 63.5 Å². The Morgan fingerprint density at radius 2 is 1.84 bits per heavy atom. The highest BCUT2D eigenvalue weighted by Gasteiger charge is 2.23. The molecule has 31 heavy (non-hydrogen) atoms. The summed E-state index contributed by atoms with van der Waals surface area (Å²) in [5.74, 6) is 1.35. The largest absolute Gasteiger partial charge is 0.378 e. The van der Waals surface area contributed by atoms with Crippen molar-refractivity contribution >= 4 is 22.4 Å². The molecule has 3 aromatic rings. The van der Waals surface area contributed by atoms with Crippen LogP contribution in [0.4, 0.5) is 11.5 Å². The molecule has 7 nitrogen and oxygen atoms in total. The molecule has 0 spiro atoms. The minimum Gasteiger partial charge on any atom is -0.378 e. The third-order valence-corrected chi connectivity index (χ3v) is 6.38. The van der Waals surface area contributed by atoms with Crippen LogP contribution in [0.3, 0.4) is 0 Å². The van der Waals surface area contributed by atoms with Crippen LogP contribution in [-0.4, -0.2) is 53.9 Å². The monoisotopic (exact) mass is 419 g/mol. The van der Waals surface area contributed by atoms with Crippen LogP contribution in [0.5, 0.6) is 0 Å². The van der Waals surface area contributed by atoms with Gasteiger partial charge < -0.3 is 19.1 Å². The standard InChI is InChI=1S/C24H29N5O2/c1-17-4-3-9-29(15-17)23-22-21(25-16-27(2)24(22)30)14-20(26-23)18-5-7-19(8-6-18)28-10-12-31-13-11-28/h5-8,14,16-17H,3-4,9-13,15H2,1-2H3. The zero-order chi connectivity index (χ0) is 21.4. The summed E-state index contributed by atoms with van der Waals surface area (Å²) < 4.78 is 7.00. The molecule has 5 rings (SSSR count). The molecule has 1 unspecified atom stereocenters. The first kappa shape index (κ1) is 20.0. The number of nitrogens with zero attached hydrogens (tertiary/aromatic N) is 5. The molecule has 2 saturated heterocycles. The summed E-state index contributed by atoms with van der Waals surface area (Å²) in [6, 6.07) is 10.5. The molecular formula is C24H29N5O2. The van der Waals surface area contributed by atoms with Crippen LogP contribution in [0.2, 0.25) is 0 Å². The smallest absolute Gasteiger partial charge is 0.264 e. The van der Waals surface area contributed by atoms with Gasteiger partial charge in [0.1, 0.15) is 11.2 Å². The Morgan fingerprint density at radius 3 is 2.58 bits per heavy atom. The number of hydrogen-bond acceptors (Lipinski definition) is 6. The Labute approximate surface area is 182 Å². The lowest BCUT2D eigenvalue weighted by molar-refractivity contribution is 0.122. The molecule has 0 saturated carbocycles. The van der Waals surface area contributed by atoms with E-state index < -0.39 is 0 Å². The SMILES string of the molecule is CC1CCCN(c2nc(-c3ccc(N4CCOCC4)cc3)cc3ncn(C)c(=O)c23)C1. The second-order valence-corrected chi connectivity index (χ2v) is 8.73. The highest BCUT2D eigenvalue weighted by molar-refractivity contribution is 5.92. The highest BCUT2D eigenvalue weighted by atomic mass is 16.5. The van der Waals surface area contributed by atoms with Crippen LogP contribution in [0.1, 0.15) is 19.8 Å². The third kappa shape index (κ3) is 3.90. The lowest BCUT2D eigenvalue weighted by Crippen LogP contribution is -2.36. The van der Waals surface area contributed by atoms with E-state index in [1.54, 1.807) is 13.4 Å². The zero-order valence-corrected chi connectivity index (χ0v) is 18.3. The fraction of sp³-hybridized carbons (Fsp3) is 0.458. The van der Waals surface area contributed by atoms with E-state index in [1.807, 2.05) is 6.07 Å². The second kappa shape index (κ2) is 8.30. The fourth-order valence-electron chi connectivity index (χ4n) is 4.63. The molecule has 4 heterocycles. The van der Waals surface area contributed by atoms with E-state index in [1.165, 1.54) is 16.7 Å². The number of aromatic nitrogens is 3. The van der Waals surface area contributed by atoms with Crippen LogP contribution in [-0.2, 0) is 11.8 Å². The van der Waals surface area contributed by atoms with E-state index in [2.05, 4.69) is 46.0 Å². The Balaban J connectivity index is 1.57. The van der Waals surface area contributed by atoms with Gasteiger partial charge in [0, 0.05) is 44.5 Å². The maximum atomic E-state index is 13.0. The van der Waals surface area contributed by atoms with E-state index >= 15 is 0 Å². The molecule has 0 N–H and O–H groups in total. The first-order valence-electron chi connectivity index (χ1n) is 11.1. The molecular weight excluding hydrogens is 390 g/mol. The van der Waals surface area contributed by atoms with Gasteiger partial charge in [-0.2, -0.15) is 0 Å². The number of hydrogen-bond donors (Lipinski definition) is 0. The summed E-state index contributed by atoms with van der Waals surface area (Å²) >= 11 is 0. The Hall–Kier alpha value is -2.93. The fourth-order valence-corrected chi connectivity index (χ4v) is 4.63. The van der Waals surface area contributed by atoms with E-state index in [9.17, 15) is 4.79 Å². The van der Waals surface area contributed by atoms with Crippen molar-refractivity contribution in [2.45, 2.75) is 19.8 Å². The van der Waals surface area contributed by atoms with Gasteiger partial charge >= 0.3 is 0 Å². The molecule has 0 radical (unpaired) electrons. The number of benzene rings is 1. The van der Waals surface area contributed by atoms with Gasteiger partial charge in [0.15, 0.2) is 0 Å². The molecule has 2 aliphatic heterocycles. The quantitative estimate of drug-likeness (QED) is 0.650. The lowest BCUT2D eigenvalue weighted by atomic mass is 10.00. The summed E-state index contributed by atoms with van der Waals surface area (Å²) in [5, 5.41) is 0.618. The first-order valence-corrected chi connectivity index (χ1v) is 11.1. The summed E-state index contributed by atoms with van der Waals surface area (Å²) in [7, 11) is 1.75. The predicted octanol–water partition coefficient (Wildman–Crippen LogP) is 3.07. The number of morpholine rings is 1. The number of piperidine rings is 1. The van der Waals surface area contributed by atoms with Crippen LogP contribution in [0.25, 0.3) is 22.2 Å². The summed E-state index contributed by atoms with van der Waals surface area (Å²) in [6.07, 6.45) is 3.93. The molecule has 1 atom stereocenters. The van der Waals surface area contributed by atoms with E-state index in [4.69, 9.17) is 9.72 Å². The first-order chi connectivity index (χ1) is 15.1. The van der Waals surface area contributed by atoms with Crippen molar-refractivity contribution in [3.8, 4) is 11.3 Å². The van der Waals surface area contributed by atoms with Gasteiger partial charge in [-0.25, -0.2) is 9.97 Å².